The molecule has 1 saturated heterocycles. The lowest BCUT2D eigenvalue weighted by Gasteiger charge is -2.28. The molecule has 1 aliphatic heterocycles. The van der Waals surface area contributed by atoms with Gasteiger partial charge in [0.25, 0.3) is 0 Å². The number of anilines is 1. The van der Waals surface area contributed by atoms with E-state index in [4.69, 9.17) is 4.74 Å². The summed E-state index contributed by atoms with van der Waals surface area (Å²) in [4.78, 5) is 40.9. The number of nitrogens with one attached hydrogen (secondary N) is 1. The largest absolute Gasteiger partial charge is 0.438 e. The molecule has 0 bridgehead atoms. The molecule has 0 radical (unpaired) electrons. The van der Waals surface area contributed by atoms with Gasteiger partial charge in [-0.2, -0.15) is 0 Å². The van der Waals surface area contributed by atoms with Crippen LogP contribution in [0.3, 0.4) is 0 Å². The summed E-state index contributed by atoms with van der Waals surface area (Å²) in [5.74, 6) is -0.298. The normalized spacial score (nSPS) is 17.9. The van der Waals surface area contributed by atoms with Crippen molar-refractivity contribution in [1.82, 2.24) is 9.80 Å². The van der Waals surface area contributed by atoms with Crippen LogP contribution >= 0.6 is 0 Å². The van der Waals surface area contributed by atoms with Crippen LogP contribution in [0.15, 0.2) is 48.5 Å². The predicted molar refractivity (Wildman–Crippen MR) is 118 cm³/mol. The average Bonchev–Trinajstić information content (AvgIpc) is 3.10. The molecule has 2 aromatic rings. The van der Waals surface area contributed by atoms with Gasteiger partial charge in [0.1, 0.15) is 0 Å². The molecule has 3 amide bonds. The van der Waals surface area contributed by atoms with Gasteiger partial charge >= 0.3 is 6.09 Å². The molecule has 7 heteroatoms. The number of rotatable bonds is 7. The van der Waals surface area contributed by atoms with Crippen LogP contribution < -0.4 is 5.32 Å². The van der Waals surface area contributed by atoms with Crippen LogP contribution in [0.4, 0.5) is 10.5 Å². The van der Waals surface area contributed by atoms with Gasteiger partial charge in [-0.15, -0.1) is 0 Å². The van der Waals surface area contributed by atoms with Gasteiger partial charge in [0.15, 0.2) is 12.1 Å². The number of amides is 3. The molecule has 1 heterocycles. The lowest BCUT2D eigenvalue weighted by atomic mass is 9.99. The number of benzene rings is 2. The Labute approximate surface area is 183 Å². The van der Waals surface area contributed by atoms with Crippen LogP contribution in [0.5, 0.6) is 0 Å². The molecule has 164 valence electrons. The van der Waals surface area contributed by atoms with E-state index in [0.717, 1.165) is 11.1 Å². The Morgan fingerprint density at radius 1 is 1.13 bits per heavy atom. The molecule has 7 nitrogen and oxygen atoms in total. The number of carbonyl (C=O) groups is 3. The zero-order chi connectivity index (χ0) is 22.5. The second kappa shape index (κ2) is 9.64. The summed E-state index contributed by atoms with van der Waals surface area (Å²) in [6.07, 6.45) is -0.940. The Balaban J connectivity index is 1.94. The van der Waals surface area contributed by atoms with Crippen LogP contribution in [0.1, 0.15) is 43.1 Å². The third-order valence-corrected chi connectivity index (χ3v) is 5.48. The zero-order valence-corrected chi connectivity index (χ0v) is 18.4. The van der Waals surface area contributed by atoms with Crippen molar-refractivity contribution in [1.29, 1.82) is 0 Å². The first-order chi connectivity index (χ1) is 14.8. The van der Waals surface area contributed by atoms with Crippen molar-refractivity contribution < 1.29 is 19.1 Å². The minimum absolute atomic E-state index is 0.111. The first kappa shape index (κ1) is 22.3. The summed E-state index contributed by atoms with van der Waals surface area (Å²) in [5, 5.41) is 2.81. The summed E-state index contributed by atoms with van der Waals surface area (Å²) in [6.45, 7) is 6.44. The van der Waals surface area contributed by atoms with Crippen LogP contribution in [-0.4, -0.2) is 47.3 Å². The SMILES string of the molecule is CCC(=O)Nc1cccc(C2OC(=O)N(Cc3ccc(C)cc3)C2C(=O)N(C)CC)c1. The number of nitrogens with zero attached hydrogens (tertiary/aromatic N) is 2. The van der Waals surface area contributed by atoms with E-state index in [9.17, 15) is 14.4 Å². The lowest BCUT2D eigenvalue weighted by molar-refractivity contribution is -0.135. The number of hydrogen-bond acceptors (Lipinski definition) is 4. The molecule has 1 N–H and O–H groups in total. The highest BCUT2D eigenvalue weighted by atomic mass is 16.6. The van der Waals surface area contributed by atoms with E-state index in [1.165, 1.54) is 4.90 Å². The number of carbonyl (C=O) groups excluding carboxylic acids is 3. The second-order valence-electron chi connectivity index (χ2n) is 7.74. The minimum Gasteiger partial charge on any atom is -0.438 e. The minimum atomic E-state index is -0.795. The predicted octanol–water partition coefficient (Wildman–Crippen LogP) is 3.88. The molecule has 2 aromatic carbocycles. The highest BCUT2D eigenvalue weighted by Crippen LogP contribution is 2.35. The number of ether oxygens (including phenoxy) is 1. The van der Waals surface area contributed by atoms with Gasteiger partial charge in [-0.05, 0) is 37.1 Å². The molecule has 2 atom stereocenters. The van der Waals surface area contributed by atoms with Crippen LogP contribution in [-0.2, 0) is 20.9 Å². The van der Waals surface area contributed by atoms with Crippen molar-refractivity contribution in [3.05, 3.63) is 65.2 Å². The Bertz CT molecular complexity index is 958. The van der Waals surface area contributed by atoms with Gasteiger partial charge in [0.05, 0.1) is 6.54 Å². The molecular weight excluding hydrogens is 394 g/mol. The number of cyclic esters (lactones) is 1. The van der Waals surface area contributed by atoms with E-state index < -0.39 is 18.2 Å². The zero-order valence-electron chi connectivity index (χ0n) is 18.4. The standard InChI is InChI=1S/C24H29N3O4/c1-5-20(28)25-19-9-7-8-18(14-19)22-21(23(29)26(4)6-2)27(24(30)31-22)15-17-12-10-16(3)11-13-17/h7-14,21-22H,5-6,15H2,1-4H3,(H,25,28). The Morgan fingerprint density at radius 3 is 2.48 bits per heavy atom. The van der Waals surface area contributed by atoms with E-state index in [1.807, 2.05) is 38.1 Å². The number of aryl methyl sites for hydroxylation is 1. The van der Waals surface area contributed by atoms with Crippen LogP contribution in [0.2, 0.25) is 0 Å². The number of likely N-dealkylation sites (N-methyl/N-ethyl adjacent to an activating group) is 1. The summed E-state index contributed by atoms with van der Waals surface area (Å²) < 4.78 is 5.70. The molecule has 0 saturated carbocycles. The fraction of sp³-hybridized carbons (Fsp3) is 0.375. The van der Waals surface area contributed by atoms with Gasteiger partial charge < -0.3 is 15.0 Å². The van der Waals surface area contributed by atoms with E-state index >= 15 is 0 Å². The maximum atomic E-state index is 13.3. The van der Waals surface area contributed by atoms with E-state index in [1.54, 1.807) is 43.1 Å². The second-order valence-corrected chi connectivity index (χ2v) is 7.74. The molecular formula is C24H29N3O4. The number of hydrogen-bond donors (Lipinski definition) is 1. The van der Waals surface area contributed by atoms with Gasteiger partial charge in [0, 0.05) is 25.7 Å². The molecule has 0 aliphatic carbocycles. The third kappa shape index (κ3) is 5.05. The molecule has 2 unspecified atom stereocenters. The summed E-state index contributed by atoms with van der Waals surface area (Å²) in [7, 11) is 1.71. The highest BCUT2D eigenvalue weighted by molar-refractivity contribution is 5.91. The van der Waals surface area contributed by atoms with Gasteiger partial charge in [0.2, 0.25) is 11.8 Å². The monoisotopic (exact) mass is 423 g/mol. The van der Waals surface area contributed by atoms with Gasteiger partial charge in [-0.25, -0.2) is 4.79 Å². The smallest absolute Gasteiger partial charge is 0.411 e. The summed E-state index contributed by atoms with van der Waals surface area (Å²) >= 11 is 0. The third-order valence-electron chi connectivity index (χ3n) is 5.48. The first-order valence-corrected chi connectivity index (χ1v) is 10.5. The Hall–Kier alpha value is -3.35. The molecule has 1 fully saturated rings. The summed E-state index contributed by atoms with van der Waals surface area (Å²) in [5.41, 5.74) is 3.31. The van der Waals surface area contributed by atoms with Crippen molar-refractivity contribution >= 4 is 23.6 Å². The fourth-order valence-corrected chi connectivity index (χ4v) is 3.51. The maximum Gasteiger partial charge on any atom is 0.411 e. The van der Waals surface area contributed by atoms with Crippen molar-refractivity contribution in [2.24, 2.45) is 0 Å². The topological polar surface area (TPSA) is 79.0 Å². The maximum absolute atomic E-state index is 13.3. The quantitative estimate of drug-likeness (QED) is 0.733. The van der Waals surface area contributed by atoms with Crippen molar-refractivity contribution in [3.63, 3.8) is 0 Å². The lowest BCUT2D eigenvalue weighted by Crippen LogP contribution is -2.46. The van der Waals surface area contributed by atoms with E-state index in [0.29, 0.717) is 24.2 Å². The van der Waals surface area contributed by atoms with Gasteiger partial charge in [-0.1, -0.05) is 48.9 Å². The molecule has 0 spiro atoms. The van der Waals surface area contributed by atoms with Crippen molar-refractivity contribution in [2.75, 3.05) is 18.9 Å². The van der Waals surface area contributed by atoms with Crippen LogP contribution in [0.25, 0.3) is 0 Å². The summed E-state index contributed by atoms with van der Waals surface area (Å²) in [6, 6.07) is 14.2. The van der Waals surface area contributed by atoms with Crippen molar-refractivity contribution in [3.8, 4) is 0 Å². The Morgan fingerprint density at radius 2 is 1.84 bits per heavy atom. The van der Waals surface area contributed by atoms with Crippen molar-refractivity contribution in [2.45, 2.75) is 45.9 Å². The molecule has 31 heavy (non-hydrogen) atoms. The van der Waals surface area contributed by atoms with E-state index in [-0.39, 0.29) is 18.4 Å². The molecule has 1 aliphatic rings. The fourth-order valence-electron chi connectivity index (χ4n) is 3.51. The molecule has 3 rings (SSSR count). The highest BCUT2D eigenvalue weighted by Gasteiger charge is 2.47. The first-order valence-electron chi connectivity index (χ1n) is 10.5. The van der Waals surface area contributed by atoms with Gasteiger partial charge in [-0.3, -0.25) is 14.5 Å². The Kier molecular flexibility index (Phi) is 6.95. The molecule has 0 aromatic heterocycles. The van der Waals surface area contributed by atoms with Crippen LogP contribution in [0, 0.1) is 6.92 Å². The van der Waals surface area contributed by atoms with E-state index in [2.05, 4.69) is 5.32 Å². The average molecular weight is 424 g/mol.